The number of hydrogen-bond donors (Lipinski definition) is 1. The molecule has 0 radical (unpaired) electrons. The lowest BCUT2D eigenvalue weighted by atomic mass is 10.2. The minimum Gasteiger partial charge on any atom is -0.445 e. The fourth-order valence-corrected chi connectivity index (χ4v) is 2.66. The topological polar surface area (TPSA) is 81.9 Å². The number of non-ortho nitro benzene ring substituents is 1. The van der Waals surface area contributed by atoms with Crippen molar-refractivity contribution < 1.29 is 19.2 Å². The third kappa shape index (κ3) is 5.11. The number of carbonyl (C=O) groups excluding carboxylic acids is 1. The number of nitrogens with zero attached hydrogens (tertiary/aromatic N) is 2. The molecule has 0 saturated carbocycles. The summed E-state index contributed by atoms with van der Waals surface area (Å²) >= 11 is 4.36. The Labute approximate surface area is 140 Å². The molecule has 0 spiro atoms. The Bertz CT molecular complexity index is 551. The Balaban J connectivity index is 1.83. The molecule has 1 heterocycles. The highest BCUT2D eigenvalue weighted by molar-refractivity contribution is 7.81. The fraction of sp³-hybridized carbons (Fsp3) is 0.533. The van der Waals surface area contributed by atoms with E-state index in [1.807, 2.05) is 6.92 Å². The lowest BCUT2D eigenvalue weighted by Gasteiger charge is -2.23. The number of amides is 1. The van der Waals surface area contributed by atoms with E-state index in [9.17, 15) is 14.9 Å². The smallest absolute Gasteiger partial charge is 0.410 e. The first-order valence-electron chi connectivity index (χ1n) is 7.44. The van der Waals surface area contributed by atoms with Gasteiger partial charge in [-0.1, -0.05) is 0 Å². The molecule has 0 aromatic heterocycles. The highest BCUT2D eigenvalue weighted by Gasteiger charge is 2.26. The van der Waals surface area contributed by atoms with Crippen LogP contribution in [-0.4, -0.2) is 47.0 Å². The third-order valence-corrected chi connectivity index (χ3v) is 3.99. The van der Waals surface area contributed by atoms with Gasteiger partial charge in [-0.25, -0.2) is 4.79 Å². The van der Waals surface area contributed by atoms with Crippen LogP contribution in [0.2, 0.25) is 0 Å². The normalized spacial score (nSPS) is 20.3. The highest BCUT2D eigenvalue weighted by atomic mass is 32.1. The molecular formula is C15H20N2O5S. The minimum atomic E-state index is -0.467. The van der Waals surface area contributed by atoms with E-state index in [1.54, 1.807) is 17.0 Å². The second kappa shape index (κ2) is 8.16. The minimum absolute atomic E-state index is 0.00922. The molecule has 0 aliphatic carbocycles. The molecule has 1 aliphatic heterocycles. The van der Waals surface area contributed by atoms with Crippen LogP contribution in [0.25, 0.3) is 0 Å². The van der Waals surface area contributed by atoms with Gasteiger partial charge in [0.1, 0.15) is 6.61 Å². The van der Waals surface area contributed by atoms with Crippen molar-refractivity contribution in [3.8, 4) is 0 Å². The first-order valence-corrected chi connectivity index (χ1v) is 7.96. The number of ether oxygens (including phenoxy) is 2. The lowest BCUT2D eigenvalue weighted by molar-refractivity contribution is -0.384. The Hall–Kier alpha value is -1.80. The zero-order valence-corrected chi connectivity index (χ0v) is 13.8. The zero-order chi connectivity index (χ0) is 16.8. The lowest BCUT2D eigenvalue weighted by Crippen LogP contribution is -2.37. The summed E-state index contributed by atoms with van der Waals surface area (Å²) in [4.78, 5) is 23.8. The SMILES string of the molecule is CCN(CC1CC(S)CO1)C(=O)OCc1ccc([N+](=O)[O-])cc1. The summed E-state index contributed by atoms with van der Waals surface area (Å²) in [6.07, 6.45) is 0.386. The molecule has 1 fully saturated rings. The maximum Gasteiger partial charge on any atom is 0.410 e. The maximum absolute atomic E-state index is 12.1. The predicted octanol–water partition coefficient (Wildman–Crippen LogP) is 2.64. The van der Waals surface area contributed by atoms with Crippen molar-refractivity contribution in [2.24, 2.45) is 0 Å². The van der Waals surface area contributed by atoms with Gasteiger partial charge in [-0.15, -0.1) is 0 Å². The van der Waals surface area contributed by atoms with Crippen molar-refractivity contribution in [1.82, 2.24) is 4.90 Å². The number of hydrogen-bond acceptors (Lipinski definition) is 6. The van der Waals surface area contributed by atoms with Gasteiger partial charge in [-0.3, -0.25) is 10.1 Å². The van der Waals surface area contributed by atoms with Crippen LogP contribution in [0.3, 0.4) is 0 Å². The van der Waals surface area contributed by atoms with Crippen molar-refractivity contribution >= 4 is 24.4 Å². The second-order valence-electron chi connectivity index (χ2n) is 5.36. The van der Waals surface area contributed by atoms with Crippen LogP contribution in [0.4, 0.5) is 10.5 Å². The second-order valence-corrected chi connectivity index (χ2v) is 6.09. The van der Waals surface area contributed by atoms with Gasteiger partial charge in [0.25, 0.3) is 5.69 Å². The largest absolute Gasteiger partial charge is 0.445 e. The van der Waals surface area contributed by atoms with E-state index in [-0.39, 0.29) is 23.6 Å². The molecule has 1 amide bonds. The molecule has 2 unspecified atom stereocenters. The quantitative estimate of drug-likeness (QED) is 0.489. The summed E-state index contributed by atoms with van der Waals surface area (Å²) in [7, 11) is 0. The molecular weight excluding hydrogens is 320 g/mol. The van der Waals surface area contributed by atoms with E-state index >= 15 is 0 Å². The van der Waals surface area contributed by atoms with Gasteiger partial charge in [0.15, 0.2) is 0 Å². The number of carbonyl (C=O) groups is 1. The molecule has 2 atom stereocenters. The average Bonchev–Trinajstić information content (AvgIpc) is 2.95. The van der Waals surface area contributed by atoms with Crippen molar-refractivity contribution in [2.45, 2.75) is 31.3 Å². The number of benzene rings is 1. The fourth-order valence-electron chi connectivity index (χ4n) is 2.34. The highest BCUT2D eigenvalue weighted by Crippen LogP contribution is 2.19. The van der Waals surface area contributed by atoms with Crippen molar-refractivity contribution in [3.05, 3.63) is 39.9 Å². The van der Waals surface area contributed by atoms with Gasteiger partial charge < -0.3 is 14.4 Å². The summed E-state index contributed by atoms with van der Waals surface area (Å²) in [6, 6.07) is 5.93. The van der Waals surface area contributed by atoms with Gasteiger partial charge in [-0.2, -0.15) is 12.6 Å². The monoisotopic (exact) mass is 340 g/mol. The molecule has 0 N–H and O–H groups in total. The summed E-state index contributed by atoms with van der Waals surface area (Å²) in [5.74, 6) is 0. The Morgan fingerprint density at radius 3 is 2.70 bits per heavy atom. The van der Waals surface area contributed by atoms with Crippen molar-refractivity contribution in [2.75, 3.05) is 19.7 Å². The van der Waals surface area contributed by atoms with Crippen LogP contribution < -0.4 is 0 Å². The average molecular weight is 340 g/mol. The molecule has 1 aromatic rings. The van der Waals surface area contributed by atoms with Crippen LogP contribution in [0.1, 0.15) is 18.9 Å². The van der Waals surface area contributed by atoms with E-state index in [1.165, 1.54) is 12.1 Å². The van der Waals surface area contributed by atoms with Gasteiger partial charge in [0.2, 0.25) is 0 Å². The number of likely N-dealkylation sites (N-methyl/N-ethyl adjacent to an activating group) is 1. The summed E-state index contributed by atoms with van der Waals surface area (Å²) < 4.78 is 10.8. The van der Waals surface area contributed by atoms with Gasteiger partial charge in [0.05, 0.1) is 24.2 Å². The van der Waals surface area contributed by atoms with Gasteiger partial charge in [-0.05, 0) is 31.0 Å². The first-order chi connectivity index (χ1) is 11.0. The number of nitro benzene ring substituents is 1. The van der Waals surface area contributed by atoms with Crippen molar-refractivity contribution in [3.63, 3.8) is 0 Å². The molecule has 0 bridgehead atoms. The number of nitro groups is 1. The maximum atomic E-state index is 12.1. The molecule has 7 nitrogen and oxygen atoms in total. The van der Waals surface area contributed by atoms with Crippen LogP contribution in [0.5, 0.6) is 0 Å². The van der Waals surface area contributed by atoms with E-state index in [0.717, 1.165) is 6.42 Å². The molecule has 126 valence electrons. The van der Waals surface area contributed by atoms with Crippen LogP contribution in [0, 0.1) is 10.1 Å². The van der Waals surface area contributed by atoms with Gasteiger partial charge in [0, 0.05) is 23.9 Å². The Morgan fingerprint density at radius 2 is 2.17 bits per heavy atom. The Kier molecular flexibility index (Phi) is 6.23. The third-order valence-electron chi connectivity index (χ3n) is 3.63. The molecule has 23 heavy (non-hydrogen) atoms. The summed E-state index contributed by atoms with van der Waals surface area (Å²) in [5, 5.41) is 10.8. The van der Waals surface area contributed by atoms with Crippen LogP contribution in [-0.2, 0) is 16.1 Å². The molecule has 1 saturated heterocycles. The molecule has 1 aliphatic rings. The van der Waals surface area contributed by atoms with E-state index in [0.29, 0.717) is 25.3 Å². The molecule has 2 rings (SSSR count). The summed E-state index contributed by atoms with van der Waals surface area (Å²) in [6.45, 7) is 3.56. The van der Waals surface area contributed by atoms with E-state index in [4.69, 9.17) is 9.47 Å². The molecule has 8 heteroatoms. The Morgan fingerprint density at radius 1 is 1.48 bits per heavy atom. The zero-order valence-electron chi connectivity index (χ0n) is 12.9. The standard InChI is InChI=1S/C15H20N2O5S/c1-2-16(8-13-7-14(23)10-21-13)15(18)22-9-11-3-5-12(6-4-11)17(19)20/h3-6,13-14,23H,2,7-10H2,1H3. The number of rotatable bonds is 6. The number of thiol groups is 1. The van der Waals surface area contributed by atoms with Crippen LogP contribution in [0.15, 0.2) is 24.3 Å². The van der Waals surface area contributed by atoms with Crippen molar-refractivity contribution in [1.29, 1.82) is 0 Å². The predicted molar refractivity (Wildman–Crippen MR) is 87.7 cm³/mol. The summed E-state index contributed by atoms with van der Waals surface area (Å²) in [5.41, 5.74) is 0.711. The molecule has 1 aromatic carbocycles. The van der Waals surface area contributed by atoms with Gasteiger partial charge >= 0.3 is 6.09 Å². The first kappa shape index (κ1) is 17.6. The van der Waals surface area contributed by atoms with E-state index < -0.39 is 11.0 Å². The van der Waals surface area contributed by atoms with E-state index in [2.05, 4.69) is 12.6 Å². The van der Waals surface area contributed by atoms with Crippen LogP contribution >= 0.6 is 12.6 Å².